The molecule has 0 aromatic rings. The van der Waals surface area contributed by atoms with Crippen LogP contribution in [-0.2, 0) is 19.2 Å². The Hall–Kier alpha value is -0.200. The standard InChI is InChI=1S/4C2H4O2.CH6N2.2Na.H/c4*1-2(3)4;2-1-3;;;/h4*1H3,(H,3,4);1-3H2;;;. The second-order valence-corrected chi connectivity index (χ2v) is 2.31. The zero-order valence-corrected chi connectivity index (χ0v) is 14.3. The number of hydrogen-bond acceptors (Lipinski definition) is 6. The van der Waals surface area contributed by atoms with E-state index in [0.717, 1.165) is 27.7 Å². The molecule has 0 aliphatic rings. The third kappa shape index (κ3) is 157000. The smallest absolute Gasteiger partial charge is 0 e. The molecule has 0 aliphatic carbocycles. The van der Waals surface area contributed by atoms with Crippen LogP contribution < -0.4 is 11.5 Å². The molecule has 8 N–H and O–H groups in total. The third-order valence-electron chi connectivity index (χ3n) is 0. The predicted octanol–water partition coefficient (Wildman–Crippen LogP) is -1.80. The van der Waals surface area contributed by atoms with Crippen molar-refractivity contribution in [3.8, 4) is 0 Å². The molecule has 10 nitrogen and oxygen atoms in total. The summed E-state index contributed by atoms with van der Waals surface area (Å²) in [5.41, 5.74) is 9.25. The molecule has 0 saturated carbocycles. The van der Waals surface area contributed by atoms with E-state index in [4.69, 9.17) is 39.6 Å². The van der Waals surface area contributed by atoms with Gasteiger partial charge in [0.25, 0.3) is 23.9 Å². The van der Waals surface area contributed by atoms with E-state index >= 15 is 0 Å². The van der Waals surface area contributed by atoms with Gasteiger partial charge in [0.2, 0.25) is 0 Å². The molecule has 0 amide bonds. The molecule has 12 heteroatoms. The van der Waals surface area contributed by atoms with E-state index in [9.17, 15) is 0 Å². The minimum absolute atomic E-state index is 0. The summed E-state index contributed by atoms with van der Waals surface area (Å²) < 4.78 is 0. The molecule has 0 unspecified atom stereocenters. The van der Waals surface area contributed by atoms with E-state index < -0.39 is 23.9 Å². The number of carboxylic acid groups (broad SMARTS) is 4. The Morgan fingerprint density at radius 3 is 0.667 bits per heavy atom. The Bertz CT molecular complexity index is 188. The molecule has 119 valence electrons. The van der Waals surface area contributed by atoms with Crippen molar-refractivity contribution < 1.29 is 39.6 Å². The van der Waals surface area contributed by atoms with Gasteiger partial charge in [-0.05, 0) is 0 Å². The minimum atomic E-state index is -0.833. The van der Waals surface area contributed by atoms with Gasteiger partial charge in [-0.1, -0.05) is 0 Å². The van der Waals surface area contributed by atoms with Crippen molar-refractivity contribution >= 4 is 83.0 Å². The number of hydrogen-bond donors (Lipinski definition) is 6. The van der Waals surface area contributed by atoms with E-state index in [2.05, 4.69) is 11.5 Å². The summed E-state index contributed by atoms with van der Waals surface area (Å²) in [6.45, 7) is 4.58. The average molecular weight is 333 g/mol. The summed E-state index contributed by atoms with van der Waals surface area (Å²) in [4.78, 5) is 36.0. The first-order valence-electron chi connectivity index (χ1n) is 4.53. The van der Waals surface area contributed by atoms with Gasteiger partial charge in [0, 0.05) is 63.9 Å². The fourth-order valence-electron chi connectivity index (χ4n) is 0. The maximum absolute atomic E-state index is 9.00. The Morgan fingerprint density at radius 1 is 0.667 bits per heavy atom. The minimum Gasteiger partial charge on any atom is 0 e. The number of carboxylic acids is 4. The Morgan fingerprint density at radius 2 is 0.667 bits per heavy atom. The number of aliphatic carboxylic acids is 4. The van der Waals surface area contributed by atoms with Crippen LogP contribution in [0.3, 0.4) is 0 Å². The van der Waals surface area contributed by atoms with Crippen LogP contribution in [0.15, 0.2) is 0 Å². The van der Waals surface area contributed by atoms with E-state index in [-0.39, 0.29) is 65.8 Å². The van der Waals surface area contributed by atoms with Gasteiger partial charge in [-0.2, -0.15) is 0 Å². The second kappa shape index (κ2) is 42.7. The van der Waals surface area contributed by atoms with Crippen molar-refractivity contribution in [2.24, 2.45) is 11.5 Å². The second-order valence-electron chi connectivity index (χ2n) is 2.31. The number of rotatable bonds is 0. The van der Waals surface area contributed by atoms with Crippen molar-refractivity contribution in [3.63, 3.8) is 0 Å². The van der Waals surface area contributed by atoms with E-state index in [1.165, 1.54) is 0 Å². The van der Waals surface area contributed by atoms with Gasteiger partial charge in [0.1, 0.15) is 0 Å². The van der Waals surface area contributed by atoms with Crippen molar-refractivity contribution in [1.82, 2.24) is 0 Å². The maximum atomic E-state index is 9.00. The van der Waals surface area contributed by atoms with Crippen molar-refractivity contribution in [3.05, 3.63) is 0 Å². The van der Waals surface area contributed by atoms with Crippen LogP contribution in [0.4, 0.5) is 0 Å². The van der Waals surface area contributed by atoms with Crippen LogP contribution >= 0.6 is 0 Å². The summed E-state index contributed by atoms with van der Waals surface area (Å²) in [5.74, 6) is -3.33. The fraction of sp³-hybridized carbons (Fsp3) is 0.556. The van der Waals surface area contributed by atoms with Crippen molar-refractivity contribution in [1.29, 1.82) is 0 Å². The quantitative estimate of drug-likeness (QED) is 0.217. The molecule has 0 spiro atoms. The van der Waals surface area contributed by atoms with Gasteiger partial charge in [-0.25, -0.2) is 0 Å². The first-order chi connectivity index (χ1) is 8.34. The van der Waals surface area contributed by atoms with Gasteiger partial charge in [0.15, 0.2) is 0 Å². The average Bonchev–Trinajstić information content (AvgIpc) is 1.97. The largest absolute Gasteiger partial charge is 0 e. The molecule has 0 aromatic carbocycles. The van der Waals surface area contributed by atoms with Crippen molar-refractivity contribution in [2.45, 2.75) is 27.7 Å². The van der Waals surface area contributed by atoms with Crippen LogP contribution in [0.5, 0.6) is 0 Å². The Kier molecular flexibility index (Phi) is 87.1. The maximum Gasteiger partial charge on any atom is 0 e. The zero-order chi connectivity index (χ0) is 17.0. The monoisotopic (exact) mass is 333 g/mol. The molecule has 0 heterocycles. The van der Waals surface area contributed by atoms with Crippen LogP contribution in [-0.4, -0.2) is 110 Å². The first kappa shape index (κ1) is 42.8. The van der Waals surface area contributed by atoms with Gasteiger partial charge >= 0.3 is 29.6 Å². The molecule has 0 saturated heterocycles. The van der Waals surface area contributed by atoms with Gasteiger partial charge in [-0.15, -0.1) is 0 Å². The Labute approximate surface area is 167 Å². The summed E-state index contributed by atoms with van der Waals surface area (Å²) in [6.07, 6.45) is 0. The molecule has 0 bridgehead atoms. The van der Waals surface area contributed by atoms with Gasteiger partial charge in [0.05, 0.1) is 0 Å². The fourth-order valence-corrected chi connectivity index (χ4v) is 0. The molecular weight excluding hydrogens is 310 g/mol. The number of nitrogens with two attached hydrogens (primary N) is 2. The topological polar surface area (TPSA) is 201 Å². The van der Waals surface area contributed by atoms with Gasteiger partial charge in [-0.3, -0.25) is 19.2 Å². The third-order valence-corrected chi connectivity index (χ3v) is 0. The van der Waals surface area contributed by atoms with Crippen LogP contribution in [0.25, 0.3) is 0 Å². The molecule has 0 aliphatic heterocycles. The predicted molar refractivity (Wildman–Crippen MR) is 79.4 cm³/mol. The van der Waals surface area contributed by atoms with Crippen LogP contribution in [0.2, 0.25) is 0 Å². The van der Waals surface area contributed by atoms with E-state index in [1.54, 1.807) is 0 Å². The summed E-state index contributed by atoms with van der Waals surface area (Å²) in [5, 5.41) is 29.7. The zero-order valence-electron chi connectivity index (χ0n) is 12.3. The van der Waals surface area contributed by atoms with Crippen molar-refractivity contribution in [2.75, 3.05) is 6.67 Å². The molecule has 0 rings (SSSR count). The summed E-state index contributed by atoms with van der Waals surface area (Å²) in [6, 6.07) is 0. The summed E-state index contributed by atoms with van der Waals surface area (Å²) in [7, 11) is 0. The molecule has 0 fully saturated rings. The number of carbonyl (C=O) groups is 4. The first-order valence-corrected chi connectivity index (χ1v) is 4.53. The normalized spacial score (nSPS) is 5.62. The molecule has 1 radical (unpaired) electrons. The summed E-state index contributed by atoms with van der Waals surface area (Å²) >= 11 is 0. The van der Waals surface area contributed by atoms with Gasteiger partial charge < -0.3 is 31.9 Å². The van der Waals surface area contributed by atoms with Crippen LogP contribution in [0.1, 0.15) is 27.7 Å². The molecule has 0 atom stereocenters. The molecule has 21 heavy (non-hydrogen) atoms. The Balaban J connectivity index is -0.0000000229. The SMILES string of the molecule is CC(=O)O.CC(=O)O.CC(=O)O.CC(=O)O.NCN.[NaH].[Na]. The molecular formula is C9H23N2Na2O8. The molecule has 0 aromatic heterocycles. The van der Waals surface area contributed by atoms with Crippen LogP contribution in [0, 0.1) is 0 Å². The van der Waals surface area contributed by atoms with E-state index in [1.807, 2.05) is 0 Å². The van der Waals surface area contributed by atoms with E-state index in [0.29, 0.717) is 0 Å².